The number of rotatable bonds is 3. The average molecular weight is 428 g/mol. The highest BCUT2D eigenvalue weighted by atomic mass is 32.1. The molecule has 3 heteroatoms. The van der Waals surface area contributed by atoms with Gasteiger partial charge in [-0.05, 0) is 33.9 Å². The highest BCUT2D eigenvalue weighted by Crippen LogP contribution is 2.46. The molecule has 3 aromatic heterocycles. The normalized spacial score (nSPS) is 12.2. The molecule has 0 saturated heterocycles. The summed E-state index contributed by atoms with van der Waals surface area (Å²) in [5, 5.41) is 1.33. The van der Waals surface area contributed by atoms with E-state index in [1.54, 1.807) is 0 Å². The molecule has 1 aliphatic rings. The molecular weight excluding hydrogens is 408 g/mol. The van der Waals surface area contributed by atoms with E-state index >= 15 is 0 Å². The first-order chi connectivity index (χ1) is 15.9. The van der Waals surface area contributed by atoms with E-state index in [2.05, 4.69) is 102 Å². The second kappa shape index (κ2) is 6.84. The first-order valence-corrected chi connectivity index (χ1v) is 11.7. The zero-order chi connectivity index (χ0) is 21.1. The highest BCUT2D eigenvalue weighted by molar-refractivity contribution is 7.25. The smallest absolute Gasteiger partial charge is 0.234 e. The summed E-state index contributed by atoms with van der Waals surface area (Å²) in [6.07, 6.45) is 4.20. The molecular formula is C29H19N2S+. The molecule has 0 unspecified atom stereocenters. The van der Waals surface area contributed by atoms with Crippen molar-refractivity contribution in [1.29, 1.82) is 0 Å². The van der Waals surface area contributed by atoms with Gasteiger partial charge in [-0.1, -0.05) is 78.9 Å². The molecule has 2 nitrogen and oxygen atoms in total. The summed E-state index contributed by atoms with van der Waals surface area (Å²) in [7, 11) is 0. The second-order valence-corrected chi connectivity index (χ2v) is 9.25. The Balaban J connectivity index is 1.62. The molecule has 32 heavy (non-hydrogen) atoms. The lowest BCUT2D eigenvalue weighted by molar-refractivity contribution is -0.657. The van der Waals surface area contributed by atoms with Crippen LogP contribution in [0.5, 0.6) is 0 Å². The fourth-order valence-electron chi connectivity index (χ4n) is 5.04. The van der Waals surface area contributed by atoms with Crippen molar-refractivity contribution in [3.8, 4) is 33.4 Å². The van der Waals surface area contributed by atoms with Crippen LogP contribution in [0.2, 0.25) is 0 Å². The minimum absolute atomic E-state index is 0.930. The molecule has 7 rings (SSSR count). The molecule has 1 aliphatic heterocycles. The van der Waals surface area contributed by atoms with Gasteiger partial charge in [0.2, 0.25) is 5.52 Å². The van der Waals surface area contributed by atoms with Crippen molar-refractivity contribution >= 4 is 31.8 Å². The molecule has 0 N–H and O–H groups in total. The summed E-state index contributed by atoms with van der Waals surface area (Å²) in [5.74, 6) is 0. The number of hydrogen-bond donors (Lipinski definition) is 0. The Kier molecular flexibility index (Phi) is 3.81. The van der Waals surface area contributed by atoms with E-state index in [1.807, 2.05) is 17.5 Å². The van der Waals surface area contributed by atoms with Crippen molar-refractivity contribution in [2.45, 2.75) is 6.54 Å². The van der Waals surface area contributed by atoms with Crippen LogP contribution in [0.3, 0.4) is 0 Å². The number of aromatic nitrogens is 2. The molecule has 0 atom stereocenters. The maximum absolute atomic E-state index is 4.71. The molecule has 6 aromatic rings. The lowest BCUT2D eigenvalue weighted by Crippen LogP contribution is -2.30. The Morgan fingerprint density at radius 2 is 1.38 bits per heavy atom. The first-order valence-electron chi connectivity index (χ1n) is 10.9. The summed E-state index contributed by atoms with van der Waals surface area (Å²) < 4.78 is 3.70. The van der Waals surface area contributed by atoms with Gasteiger partial charge in [-0.15, -0.1) is 11.3 Å². The molecule has 0 aliphatic carbocycles. The van der Waals surface area contributed by atoms with Gasteiger partial charge in [0.1, 0.15) is 9.53 Å². The zero-order valence-electron chi connectivity index (χ0n) is 17.3. The van der Waals surface area contributed by atoms with E-state index < -0.39 is 0 Å². The SMILES string of the molecule is c1ccc(-c2cccc(-c3ccccc3)c2-c2cc[n+]3c4c2sc2nccc(c24)C3)cc1. The third-order valence-electron chi connectivity index (χ3n) is 6.45. The second-order valence-electron chi connectivity index (χ2n) is 8.25. The van der Waals surface area contributed by atoms with Crippen LogP contribution in [0.4, 0.5) is 0 Å². The summed E-state index contributed by atoms with van der Waals surface area (Å²) >= 11 is 1.81. The van der Waals surface area contributed by atoms with Crippen molar-refractivity contribution in [3.05, 3.63) is 109 Å². The number of benzene rings is 3. The van der Waals surface area contributed by atoms with Gasteiger partial charge < -0.3 is 0 Å². The largest absolute Gasteiger partial charge is 0.245 e. The third-order valence-corrected chi connectivity index (χ3v) is 7.57. The van der Waals surface area contributed by atoms with Crippen LogP contribution in [0.15, 0.2) is 103 Å². The van der Waals surface area contributed by atoms with Crippen molar-refractivity contribution < 1.29 is 4.57 Å². The molecule has 0 bridgehead atoms. The van der Waals surface area contributed by atoms with Crippen molar-refractivity contribution in [2.24, 2.45) is 0 Å². The Labute approximate surface area is 190 Å². The molecule has 0 amide bonds. The third kappa shape index (κ3) is 2.52. The Morgan fingerprint density at radius 3 is 2.06 bits per heavy atom. The van der Waals surface area contributed by atoms with Gasteiger partial charge >= 0.3 is 0 Å². The Bertz CT molecular complexity index is 1580. The molecule has 0 saturated carbocycles. The molecule has 3 aromatic carbocycles. The predicted octanol–water partition coefficient (Wildman–Crippen LogP) is 7.10. The fourth-order valence-corrected chi connectivity index (χ4v) is 6.28. The number of nitrogens with zero attached hydrogens (tertiary/aromatic N) is 2. The molecule has 150 valence electrons. The lowest BCUT2D eigenvalue weighted by atomic mass is 9.88. The number of thiophene rings is 1. The predicted molar refractivity (Wildman–Crippen MR) is 133 cm³/mol. The van der Waals surface area contributed by atoms with E-state index in [4.69, 9.17) is 4.98 Å². The van der Waals surface area contributed by atoms with Gasteiger partial charge in [-0.2, -0.15) is 4.57 Å². The lowest BCUT2D eigenvalue weighted by Gasteiger charge is -2.16. The first kappa shape index (κ1) is 17.8. The van der Waals surface area contributed by atoms with Gasteiger partial charge in [-0.3, -0.25) is 0 Å². The summed E-state index contributed by atoms with van der Waals surface area (Å²) in [6, 6.07) is 32.6. The van der Waals surface area contributed by atoms with E-state index in [9.17, 15) is 0 Å². The Hall–Kier alpha value is -3.82. The van der Waals surface area contributed by atoms with Crippen LogP contribution in [-0.2, 0) is 6.54 Å². The van der Waals surface area contributed by atoms with E-state index in [1.165, 1.54) is 54.5 Å². The van der Waals surface area contributed by atoms with E-state index in [-0.39, 0.29) is 0 Å². The van der Waals surface area contributed by atoms with Crippen molar-refractivity contribution in [2.75, 3.05) is 0 Å². The molecule has 0 spiro atoms. The van der Waals surface area contributed by atoms with Gasteiger partial charge in [0.25, 0.3) is 0 Å². The van der Waals surface area contributed by atoms with E-state index in [0.717, 1.165) is 11.4 Å². The van der Waals surface area contributed by atoms with E-state index in [0.29, 0.717) is 0 Å². The topological polar surface area (TPSA) is 16.8 Å². The molecule has 0 radical (unpaired) electrons. The van der Waals surface area contributed by atoms with Crippen LogP contribution >= 0.6 is 11.3 Å². The minimum atomic E-state index is 0.930. The fraction of sp³-hybridized carbons (Fsp3) is 0.0345. The van der Waals surface area contributed by atoms with Gasteiger partial charge in [0.15, 0.2) is 12.7 Å². The van der Waals surface area contributed by atoms with Crippen LogP contribution < -0.4 is 4.57 Å². The van der Waals surface area contributed by atoms with Gasteiger partial charge in [-0.25, -0.2) is 4.98 Å². The standard InChI is InChI=1S/C29H19N2S/c1-3-8-19(9-4-1)22-12-7-13-23(20-10-5-2-6-11-20)26(22)24-15-17-31-18-21-14-16-30-29-25(21)27(31)28(24)32-29/h1-17H,18H2/q+1. The van der Waals surface area contributed by atoms with Crippen LogP contribution in [0, 0.1) is 0 Å². The number of hydrogen-bond acceptors (Lipinski definition) is 2. The monoisotopic (exact) mass is 427 g/mol. The van der Waals surface area contributed by atoms with Crippen LogP contribution in [0.1, 0.15) is 5.56 Å². The average Bonchev–Trinajstić information content (AvgIpc) is 3.45. The van der Waals surface area contributed by atoms with Gasteiger partial charge in [0, 0.05) is 23.4 Å². The minimum Gasteiger partial charge on any atom is -0.245 e. The Morgan fingerprint density at radius 1 is 0.688 bits per heavy atom. The quantitative estimate of drug-likeness (QED) is 0.275. The number of pyridine rings is 2. The summed E-state index contributed by atoms with van der Waals surface area (Å²) in [6.45, 7) is 0.930. The summed E-state index contributed by atoms with van der Waals surface area (Å²) in [4.78, 5) is 5.85. The van der Waals surface area contributed by atoms with Crippen molar-refractivity contribution in [1.82, 2.24) is 4.98 Å². The zero-order valence-corrected chi connectivity index (χ0v) is 18.1. The maximum atomic E-state index is 4.71. The maximum Gasteiger partial charge on any atom is 0.234 e. The highest BCUT2D eigenvalue weighted by Gasteiger charge is 2.30. The summed E-state index contributed by atoms with van der Waals surface area (Å²) in [5.41, 5.74) is 10.3. The molecule has 4 heterocycles. The van der Waals surface area contributed by atoms with Crippen LogP contribution in [-0.4, -0.2) is 4.98 Å². The molecule has 0 fully saturated rings. The van der Waals surface area contributed by atoms with Crippen molar-refractivity contribution in [3.63, 3.8) is 0 Å². The van der Waals surface area contributed by atoms with Gasteiger partial charge in [0.05, 0.1) is 5.39 Å². The van der Waals surface area contributed by atoms with Crippen LogP contribution in [0.25, 0.3) is 53.8 Å².